The summed E-state index contributed by atoms with van der Waals surface area (Å²) in [6, 6.07) is 63.7. The van der Waals surface area contributed by atoms with Gasteiger partial charge in [0.25, 0.3) is 19.0 Å². The standard InChI is InChI=1S/C24H21N2O.3C23H19N2O/c1-14-11-19-23-18-8-6-5-7-17(18)9-10-21(23)27-24(19)22(16(14)3)20-12-15(2)25-13-26(20)4;1-14-8-10-18-22-17-7-5-4-6-16(17)9-11-20(22)26-23(18)21(14)19-12-24-15(2)13-25(19)3;1-14-12-18-22-17-7-5-4-6-16(17)8-9-20(22)26-23(18)21(15(14)2)19-10-11-24-13-25(19)3;1-14-12-15(2)21-22-17-7-5-4-6-16(17)8-9-19(22)26-23(21)20(14)18-10-11-24-13-25(18)3/h5-13H,1-4H3;3*4-13H,1-3H3/q4*+1/i1D3;2D3;1D3;2D3. The zero-order valence-electron chi connectivity index (χ0n) is 71.2. The molecular weight excluding hydrogens is 1290 g/mol. The number of fused-ring (bicyclic) bond motifs is 20. The van der Waals surface area contributed by atoms with E-state index in [9.17, 15) is 0 Å². The Labute approximate surface area is 623 Å². The summed E-state index contributed by atoms with van der Waals surface area (Å²) in [5, 5.41) is 15.8. The molecule has 0 saturated heterocycles. The molecule has 12 nitrogen and oxygen atoms in total. The Kier molecular flexibility index (Phi) is 13.1. The third-order valence-corrected chi connectivity index (χ3v) is 20.5. The number of rotatable bonds is 4. The number of aromatic nitrogens is 8. The van der Waals surface area contributed by atoms with Crippen molar-refractivity contribution in [3.8, 4) is 45.0 Å². The molecule has 0 aliphatic carbocycles. The second-order valence-electron chi connectivity index (χ2n) is 27.1. The van der Waals surface area contributed by atoms with Gasteiger partial charge in [0.1, 0.15) is 86.9 Å². The van der Waals surface area contributed by atoms with Gasteiger partial charge in [-0.1, -0.05) is 154 Å². The summed E-state index contributed by atoms with van der Waals surface area (Å²) in [5.41, 5.74) is 17.9. The van der Waals surface area contributed by atoms with Crippen molar-refractivity contribution in [3.63, 3.8) is 0 Å². The molecule has 0 atom stereocenters. The van der Waals surface area contributed by atoms with Crippen LogP contribution in [0.3, 0.4) is 0 Å². The molecule has 0 radical (unpaired) electrons. The van der Waals surface area contributed by atoms with E-state index in [0.717, 1.165) is 160 Å². The van der Waals surface area contributed by atoms with Crippen LogP contribution in [0.15, 0.2) is 256 Å². The van der Waals surface area contributed by atoms with Crippen LogP contribution in [0, 0.1) is 62.0 Å². The first-order chi connectivity index (χ1) is 55.8. The van der Waals surface area contributed by atoms with Crippen molar-refractivity contribution in [2.45, 2.75) is 62.0 Å². The van der Waals surface area contributed by atoms with Crippen LogP contribution >= 0.6 is 0 Å². The predicted molar refractivity (Wildman–Crippen MR) is 425 cm³/mol. The van der Waals surface area contributed by atoms with Gasteiger partial charge in [-0.3, -0.25) is 0 Å². The SMILES string of the molecule is [2H]C([2H])([2H])c1c[n+](C)c(-c2c(C)ccc3c2oc2ccc4ccccc4c23)cn1.[2H]C([2H])([2H])c1cc(C)c(-c2ccnc[n+]2C)c2oc3ccc4ccccc4c3c12.[2H]C([2H])([2H])c1cc2c(oc3ccc4ccccc4c32)c(-c2cc(C)nc[n+]2C)c1C.[2H]C([2H])([2H])c1cc2c(oc3ccc4ccccc4c32)c(-c2ccnc[n+]2C)c1C. The van der Waals surface area contributed by atoms with E-state index in [4.69, 9.17) is 34.1 Å². The maximum atomic E-state index is 8.17. The Morgan fingerprint density at radius 2 is 0.743 bits per heavy atom. The predicted octanol–water partition coefficient (Wildman–Crippen LogP) is 21.3. The minimum Gasteiger partial charge on any atom is -0.455 e. The molecule has 8 heterocycles. The second kappa shape index (κ2) is 25.9. The van der Waals surface area contributed by atoms with Crippen molar-refractivity contribution in [2.75, 3.05) is 0 Å². The Morgan fingerprint density at radius 3 is 1.24 bits per heavy atom. The van der Waals surface area contributed by atoms with Crippen LogP contribution in [0.2, 0.25) is 0 Å². The lowest BCUT2D eigenvalue weighted by Crippen LogP contribution is -2.31. The van der Waals surface area contributed by atoms with Crippen molar-refractivity contribution < 1.29 is 52.4 Å². The Bertz CT molecular complexity index is 7480. The first-order valence-electron chi connectivity index (χ1n) is 40.6. The van der Waals surface area contributed by atoms with E-state index >= 15 is 0 Å². The van der Waals surface area contributed by atoms with Crippen LogP contribution in [0.5, 0.6) is 0 Å². The normalized spacial score (nSPS) is 13.8. The van der Waals surface area contributed by atoms with E-state index in [1.165, 1.54) is 5.39 Å². The van der Waals surface area contributed by atoms with E-state index in [0.29, 0.717) is 55.5 Å². The quantitative estimate of drug-likeness (QED) is 0.160. The number of nitrogens with zero attached hydrogens (tertiary/aromatic N) is 8. The van der Waals surface area contributed by atoms with Crippen LogP contribution in [0.1, 0.15) is 66.8 Å². The molecule has 0 aliphatic rings. The molecule has 20 rings (SSSR count). The van der Waals surface area contributed by atoms with Crippen LogP contribution in [0.25, 0.3) is 176 Å². The van der Waals surface area contributed by atoms with Crippen LogP contribution in [-0.4, -0.2) is 19.9 Å². The fraction of sp³-hybridized carbons (Fsp3) is 0.140. The van der Waals surface area contributed by atoms with Gasteiger partial charge in [0.05, 0.1) is 49.6 Å². The second-order valence-corrected chi connectivity index (χ2v) is 27.1. The molecule has 105 heavy (non-hydrogen) atoms. The van der Waals surface area contributed by atoms with Gasteiger partial charge in [0, 0.05) is 84.7 Å². The van der Waals surface area contributed by atoms with Gasteiger partial charge in [-0.2, -0.15) is 4.57 Å². The summed E-state index contributed by atoms with van der Waals surface area (Å²) in [7, 11) is 7.56. The average Bonchev–Trinajstić information content (AvgIpc) is 1.59. The molecule has 0 bridgehead atoms. The van der Waals surface area contributed by atoms with E-state index in [1.807, 2.05) is 208 Å². The fourth-order valence-corrected chi connectivity index (χ4v) is 15.3. The molecule has 0 saturated carbocycles. The summed E-state index contributed by atoms with van der Waals surface area (Å²) in [6.45, 7) is 0.628. The number of hydrogen-bond acceptors (Lipinski definition) is 8. The Balaban J connectivity index is 0.000000112. The van der Waals surface area contributed by atoms with E-state index < -0.39 is 27.4 Å². The highest BCUT2D eigenvalue weighted by Crippen LogP contribution is 2.46. The third-order valence-electron chi connectivity index (χ3n) is 20.5. The molecular formula is C93H78N8O4+4. The minimum atomic E-state index is -2.25. The van der Waals surface area contributed by atoms with Gasteiger partial charge in [-0.25, -0.2) is 18.7 Å². The molecule has 0 unspecified atom stereocenters. The third kappa shape index (κ3) is 11.1. The number of hydrogen-bond donors (Lipinski definition) is 0. The average molecular weight is 1380 g/mol. The lowest BCUT2D eigenvalue weighted by Gasteiger charge is -2.10. The highest BCUT2D eigenvalue weighted by atomic mass is 16.3. The molecule has 12 heteroatoms. The highest BCUT2D eigenvalue weighted by Gasteiger charge is 2.27. The molecule has 20 aromatic rings. The van der Waals surface area contributed by atoms with Crippen LogP contribution < -0.4 is 18.3 Å². The number of aryl methyl sites for hydroxylation is 11. The largest absolute Gasteiger partial charge is 0.455 e. The Morgan fingerprint density at radius 1 is 0.305 bits per heavy atom. The van der Waals surface area contributed by atoms with E-state index in [1.54, 1.807) is 62.0 Å². The fourth-order valence-electron chi connectivity index (χ4n) is 15.3. The van der Waals surface area contributed by atoms with Gasteiger partial charge in [-0.15, -0.1) is 0 Å². The van der Waals surface area contributed by atoms with Crippen molar-refractivity contribution in [2.24, 2.45) is 28.2 Å². The summed E-state index contributed by atoms with van der Waals surface area (Å²) < 4.78 is 129. The highest BCUT2D eigenvalue weighted by molar-refractivity contribution is 6.25. The molecule has 8 aromatic heterocycles. The Hall–Kier alpha value is -12.8. The molecule has 0 aliphatic heterocycles. The zero-order valence-corrected chi connectivity index (χ0v) is 59.2. The molecule has 12 aromatic carbocycles. The van der Waals surface area contributed by atoms with Gasteiger partial charge >= 0.3 is 0 Å². The minimum absolute atomic E-state index is 0.0733. The van der Waals surface area contributed by atoms with E-state index in [2.05, 4.69) is 68.5 Å². The summed E-state index contributed by atoms with van der Waals surface area (Å²) in [5.74, 6) is 0. The molecule has 0 spiro atoms. The van der Waals surface area contributed by atoms with Crippen LogP contribution in [-0.2, 0) is 28.2 Å². The summed E-state index contributed by atoms with van der Waals surface area (Å²) in [4.78, 5) is 16.9. The molecule has 0 fully saturated rings. The smallest absolute Gasteiger partial charge is 0.286 e. The monoisotopic (exact) mass is 1380 g/mol. The topological polar surface area (TPSA) is 120 Å². The molecule has 0 amide bonds. The zero-order chi connectivity index (χ0) is 82.2. The van der Waals surface area contributed by atoms with Crippen molar-refractivity contribution in [3.05, 3.63) is 288 Å². The first-order valence-corrected chi connectivity index (χ1v) is 34.6. The first kappa shape index (κ1) is 53.1. The van der Waals surface area contributed by atoms with Gasteiger partial charge in [0.15, 0.2) is 11.9 Å². The van der Waals surface area contributed by atoms with Gasteiger partial charge < -0.3 is 17.7 Å². The van der Waals surface area contributed by atoms with Crippen LogP contribution in [0.4, 0.5) is 0 Å². The molecule has 510 valence electrons. The summed E-state index contributed by atoms with van der Waals surface area (Å²) >= 11 is 0. The van der Waals surface area contributed by atoms with E-state index in [-0.39, 0.29) is 5.69 Å². The maximum Gasteiger partial charge on any atom is 0.286 e. The lowest BCUT2D eigenvalue weighted by molar-refractivity contribution is -0.663. The van der Waals surface area contributed by atoms with Crippen molar-refractivity contribution in [1.82, 2.24) is 19.9 Å². The number of benzene rings is 12. The maximum absolute atomic E-state index is 8.17. The van der Waals surface area contributed by atoms with Gasteiger partial charge in [-0.05, 0) is 174 Å². The molecule has 0 N–H and O–H groups in total. The van der Waals surface area contributed by atoms with Crippen molar-refractivity contribution >= 4 is 131 Å². The lowest BCUT2D eigenvalue weighted by atomic mass is 9.95. The number of furan rings is 4. The summed E-state index contributed by atoms with van der Waals surface area (Å²) in [6.07, 6.45) is 11.8. The van der Waals surface area contributed by atoms with Crippen molar-refractivity contribution in [1.29, 1.82) is 0 Å². The van der Waals surface area contributed by atoms with Gasteiger partial charge in [0.2, 0.25) is 5.69 Å².